The van der Waals surface area contributed by atoms with Gasteiger partial charge in [-0.15, -0.1) is 0 Å². The monoisotopic (exact) mass is 119 g/mol. The molecule has 3 nitrogen and oxygen atoms in total. The molecule has 3 heteroatoms. The van der Waals surface area contributed by atoms with E-state index in [4.69, 9.17) is 10.3 Å². The van der Waals surface area contributed by atoms with E-state index in [1.54, 1.807) is 5.48 Å². The van der Waals surface area contributed by atoms with E-state index in [1.165, 1.54) is 0 Å². The lowest BCUT2D eigenvalue weighted by Gasteiger charge is -2.09. The highest BCUT2D eigenvalue weighted by atomic mass is 16.5. The van der Waals surface area contributed by atoms with E-state index in [0.29, 0.717) is 12.3 Å². The van der Waals surface area contributed by atoms with Crippen molar-refractivity contribution in [3.8, 4) is 0 Å². The van der Waals surface area contributed by atoms with E-state index in [9.17, 15) is 0 Å². The molecule has 0 bridgehead atoms. The molecule has 0 spiro atoms. The van der Waals surface area contributed by atoms with Crippen LogP contribution in [0, 0.1) is 5.92 Å². The Morgan fingerprint density at radius 1 is 1.50 bits per heavy atom. The molecule has 0 aromatic carbocycles. The van der Waals surface area contributed by atoms with Crippen LogP contribution >= 0.6 is 0 Å². The van der Waals surface area contributed by atoms with Crippen molar-refractivity contribution >= 4 is 0 Å². The molecule has 0 aromatic heterocycles. The van der Waals surface area contributed by atoms with Gasteiger partial charge in [0.05, 0.1) is 0 Å². The summed E-state index contributed by atoms with van der Waals surface area (Å²) in [6.07, 6.45) is -0.189. The number of rotatable bonds is 3. The Bertz CT molecular complexity index is 56.4. The quantitative estimate of drug-likeness (QED) is 0.370. The van der Waals surface area contributed by atoms with Gasteiger partial charge in [0.1, 0.15) is 6.23 Å². The molecule has 0 fully saturated rings. The summed E-state index contributed by atoms with van der Waals surface area (Å²) < 4.78 is 0. The predicted octanol–water partition coefficient (Wildman–Crippen LogP) is 0.330. The van der Waals surface area contributed by atoms with Crippen LogP contribution in [0.2, 0.25) is 0 Å². The Balaban J connectivity index is 3.10. The van der Waals surface area contributed by atoms with Crippen LogP contribution in [-0.2, 0) is 0 Å². The van der Waals surface area contributed by atoms with E-state index in [2.05, 4.69) is 0 Å². The van der Waals surface area contributed by atoms with Crippen LogP contribution in [0.5, 0.6) is 0 Å². The minimum atomic E-state index is -0.769. The van der Waals surface area contributed by atoms with E-state index < -0.39 is 6.23 Å². The molecule has 0 unspecified atom stereocenters. The van der Waals surface area contributed by atoms with Gasteiger partial charge in [0, 0.05) is 0 Å². The van der Waals surface area contributed by atoms with Gasteiger partial charge >= 0.3 is 0 Å². The lowest BCUT2D eigenvalue weighted by atomic mass is 10.1. The summed E-state index contributed by atoms with van der Waals surface area (Å²) in [5, 5.41) is 16.8. The third kappa shape index (κ3) is 4.05. The third-order valence-electron chi connectivity index (χ3n) is 0.844. The second-order valence-electron chi connectivity index (χ2n) is 2.27. The maximum Gasteiger partial charge on any atom is 0.127 e. The van der Waals surface area contributed by atoms with Crippen LogP contribution < -0.4 is 5.48 Å². The molecule has 0 saturated carbocycles. The summed E-state index contributed by atoms with van der Waals surface area (Å²) in [5.74, 6) is 0.407. The molecule has 0 amide bonds. The highest BCUT2D eigenvalue weighted by Crippen LogP contribution is 2.00. The standard InChI is InChI=1S/C5H13NO2/c1-4(2)3-5(7)6-8/h4-8H,3H2,1-2H3/t5-/m0/s1. The Morgan fingerprint density at radius 3 is 2.12 bits per heavy atom. The third-order valence-corrected chi connectivity index (χ3v) is 0.844. The van der Waals surface area contributed by atoms with Crippen molar-refractivity contribution in [2.24, 2.45) is 5.92 Å². The zero-order valence-electron chi connectivity index (χ0n) is 5.26. The zero-order chi connectivity index (χ0) is 6.57. The highest BCUT2D eigenvalue weighted by molar-refractivity contribution is 4.48. The van der Waals surface area contributed by atoms with Gasteiger partial charge in [-0.05, 0) is 12.3 Å². The molecule has 1 atom stereocenters. The van der Waals surface area contributed by atoms with Crippen molar-refractivity contribution in [1.82, 2.24) is 5.48 Å². The molecular weight excluding hydrogens is 106 g/mol. The Hall–Kier alpha value is -0.120. The molecule has 0 rings (SSSR count). The van der Waals surface area contributed by atoms with E-state index >= 15 is 0 Å². The van der Waals surface area contributed by atoms with Crippen molar-refractivity contribution < 1.29 is 10.3 Å². The van der Waals surface area contributed by atoms with Crippen molar-refractivity contribution in [3.05, 3.63) is 0 Å². The van der Waals surface area contributed by atoms with Crippen molar-refractivity contribution in [1.29, 1.82) is 0 Å². The molecule has 0 heterocycles. The lowest BCUT2D eigenvalue weighted by molar-refractivity contribution is -0.00932. The number of aliphatic hydroxyl groups is 1. The first-order valence-corrected chi connectivity index (χ1v) is 2.74. The summed E-state index contributed by atoms with van der Waals surface area (Å²) in [4.78, 5) is 0. The van der Waals surface area contributed by atoms with Crippen LogP contribution in [0.4, 0.5) is 0 Å². The summed E-state index contributed by atoms with van der Waals surface area (Å²) in [6, 6.07) is 0. The summed E-state index contributed by atoms with van der Waals surface area (Å²) >= 11 is 0. The Kier molecular flexibility index (Phi) is 3.77. The minimum absolute atomic E-state index is 0.407. The topological polar surface area (TPSA) is 52.5 Å². The second kappa shape index (κ2) is 3.83. The van der Waals surface area contributed by atoms with Crippen molar-refractivity contribution in [2.75, 3.05) is 0 Å². The van der Waals surface area contributed by atoms with Crippen molar-refractivity contribution in [3.63, 3.8) is 0 Å². The molecule has 0 radical (unpaired) electrons. The highest BCUT2D eigenvalue weighted by Gasteiger charge is 2.02. The fraction of sp³-hybridized carbons (Fsp3) is 1.00. The van der Waals surface area contributed by atoms with Gasteiger partial charge in [-0.25, -0.2) is 0 Å². The smallest absolute Gasteiger partial charge is 0.127 e. The maximum atomic E-state index is 8.67. The largest absolute Gasteiger partial charge is 0.377 e. The molecule has 50 valence electrons. The first-order valence-electron chi connectivity index (χ1n) is 2.74. The molecule has 3 N–H and O–H groups in total. The molecular formula is C5H13NO2. The number of aliphatic hydroxyl groups excluding tert-OH is 1. The first-order chi connectivity index (χ1) is 3.66. The normalized spacial score (nSPS) is 14.6. The molecule has 0 aliphatic carbocycles. The Morgan fingerprint density at radius 2 is 2.00 bits per heavy atom. The summed E-state index contributed by atoms with van der Waals surface area (Å²) in [6.45, 7) is 3.95. The van der Waals surface area contributed by atoms with Gasteiger partial charge < -0.3 is 10.3 Å². The van der Waals surface area contributed by atoms with Crippen LogP contribution in [-0.4, -0.2) is 16.5 Å². The number of hydrogen-bond donors (Lipinski definition) is 3. The fourth-order valence-electron chi connectivity index (χ4n) is 0.499. The molecule has 0 aromatic rings. The number of nitrogens with one attached hydrogen (secondary N) is 1. The van der Waals surface area contributed by atoms with Gasteiger partial charge in [0.2, 0.25) is 0 Å². The van der Waals surface area contributed by atoms with Gasteiger partial charge in [-0.3, -0.25) is 0 Å². The minimum Gasteiger partial charge on any atom is -0.377 e. The maximum absolute atomic E-state index is 8.67. The van der Waals surface area contributed by atoms with Gasteiger partial charge in [0.25, 0.3) is 0 Å². The van der Waals surface area contributed by atoms with E-state index in [-0.39, 0.29) is 0 Å². The number of hydroxylamine groups is 1. The molecule has 0 aliphatic rings. The zero-order valence-corrected chi connectivity index (χ0v) is 5.26. The predicted molar refractivity (Wildman–Crippen MR) is 30.4 cm³/mol. The fourth-order valence-corrected chi connectivity index (χ4v) is 0.499. The lowest BCUT2D eigenvalue weighted by Crippen LogP contribution is -2.26. The average Bonchev–Trinajstić information content (AvgIpc) is 1.65. The Labute approximate surface area is 49.3 Å². The van der Waals surface area contributed by atoms with Crippen LogP contribution in [0.25, 0.3) is 0 Å². The van der Waals surface area contributed by atoms with Crippen molar-refractivity contribution in [2.45, 2.75) is 26.5 Å². The molecule has 0 saturated heterocycles. The first kappa shape index (κ1) is 7.88. The van der Waals surface area contributed by atoms with E-state index in [0.717, 1.165) is 0 Å². The summed E-state index contributed by atoms with van der Waals surface area (Å²) in [5.41, 5.74) is 1.75. The van der Waals surface area contributed by atoms with Gasteiger partial charge in [-0.2, -0.15) is 5.48 Å². The second-order valence-corrected chi connectivity index (χ2v) is 2.27. The van der Waals surface area contributed by atoms with Crippen LogP contribution in [0.15, 0.2) is 0 Å². The SMILES string of the molecule is CC(C)C[C@H](O)NO. The number of hydrogen-bond acceptors (Lipinski definition) is 3. The van der Waals surface area contributed by atoms with Crippen LogP contribution in [0.1, 0.15) is 20.3 Å². The van der Waals surface area contributed by atoms with E-state index in [1.807, 2.05) is 13.8 Å². The van der Waals surface area contributed by atoms with Gasteiger partial charge in [0.15, 0.2) is 0 Å². The molecule has 8 heavy (non-hydrogen) atoms. The van der Waals surface area contributed by atoms with Gasteiger partial charge in [-0.1, -0.05) is 13.8 Å². The van der Waals surface area contributed by atoms with Crippen LogP contribution in [0.3, 0.4) is 0 Å². The summed E-state index contributed by atoms with van der Waals surface area (Å²) in [7, 11) is 0. The molecule has 0 aliphatic heterocycles. The average molecular weight is 119 g/mol.